The minimum Gasteiger partial charge on any atom is -0.365 e. The molecule has 0 bridgehead atoms. The molecule has 5 nitrogen and oxygen atoms in total. The van der Waals surface area contributed by atoms with Gasteiger partial charge in [-0.25, -0.2) is 28.1 Å². The standard InChI is InChI=1S/C23H21ClF3N5/c1-12(2)23(26,27)16-6-4-5-14(18(16)25)10-29-20-15-9-17(22(11-28)7-8-22)19(24)32-21(15)31-13(3)30-20/h4-6,9,12H,7-8,10H2,1-3H3,(H,29,30,31,32). The quantitative estimate of drug-likeness (QED) is 0.455. The summed E-state index contributed by atoms with van der Waals surface area (Å²) < 4.78 is 43.8. The number of fused-ring (bicyclic) bond motifs is 1. The molecule has 2 heterocycles. The monoisotopic (exact) mass is 459 g/mol. The number of nitrogens with zero attached hydrogens (tertiary/aromatic N) is 4. The average molecular weight is 460 g/mol. The highest BCUT2D eigenvalue weighted by Gasteiger charge is 2.47. The Morgan fingerprint density at radius 3 is 2.59 bits per heavy atom. The molecule has 0 amide bonds. The molecule has 0 radical (unpaired) electrons. The van der Waals surface area contributed by atoms with E-state index in [4.69, 9.17) is 11.6 Å². The Morgan fingerprint density at radius 2 is 1.97 bits per heavy atom. The van der Waals surface area contributed by atoms with Gasteiger partial charge in [-0.3, -0.25) is 0 Å². The number of nitrogens with one attached hydrogen (secondary N) is 1. The number of benzene rings is 1. The van der Waals surface area contributed by atoms with Crippen LogP contribution >= 0.6 is 11.6 Å². The van der Waals surface area contributed by atoms with Gasteiger partial charge in [0.2, 0.25) is 0 Å². The zero-order valence-electron chi connectivity index (χ0n) is 17.8. The van der Waals surface area contributed by atoms with Crippen LogP contribution in [0.1, 0.15) is 49.2 Å². The highest BCUT2D eigenvalue weighted by atomic mass is 35.5. The van der Waals surface area contributed by atoms with Crippen molar-refractivity contribution in [1.29, 1.82) is 5.26 Å². The van der Waals surface area contributed by atoms with Crippen molar-refractivity contribution in [3.05, 3.63) is 57.8 Å². The molecule has 0 spiro atoms. The van der Waals surface area contributed by atoms with Gasteiger partial charge in [0.25, 0.3) is 5.92 Å². The third-order valence-electron chi connectivity index (χ3n) is 5.84. The van der Waals surface area contributed by atoms with Crippen molar-refractivity contribution in [2.75, 3.05) is 5.32 Å². The van der Waals surface area contributed by atoms with Crippen molar-refractivity contribution >= 4 is 28.5 Å². The first-order valence-corrected chi connectivity index (χ1v) is 10.6. The second kappa shape index (κ2) is 7.89. The largest absolute Gasteiger partial charge is 0.365 e. The zero-order chi connectivity index (χ0) is 23.3. The van der Waals surface area contributed by atoms with E-state index >= 15 is 0 Å². The molecule has 0 atom stereocenters. The number of nitriles is 1. The van der Waals surface area contributed by atoms with E-state index in [9.17, 15) is 18.4 Å². The van der Waals surface area contributed by atoms with Crippen molar-refractivity contribution < 1.29 is 13.2 Å². The fraction of sp³-hybridized carbons (Fsp3) is 0.391. The van der Waals surface area contributed by atoms with Gasteiger partial charge in [0.05, 0.1) is 22.4 Å². The van der Waals surface area contributed by atoms with Crippen LogP contribution in [0.4, 0.5) is 19.0 Å². The predicted octanol–water partition coefficient (Wildman–Crippen LogP) is 6.04. The van der Waals surface area contributed by atoms with E-state index in [0.717, 1.165) is 6.07 Å². The number of alkyl halides is 2. The average Bonchev–Trinajstić information content (AvgIpc) is 3.53. The van der Waals surface area contributed by atoms with E-state index in [-0.39, 0.29) is 17.3 Å². The van der Waals surface area contributed by atoms with Crippen LogP contribution < -0.4 is 5.32 Å². The lowest BCUT2D eigenvalue weighted by Gasteiger charge is -2.22. The van der Waals surface area contributed by atoms with E-state index in [1.165, 1.54) is 26.0 Å². The predicted molar refractivity (Wildman–Crippen MR) is 116 cm³/mol. The van der Waals surface area contributed by atoms with Gasteiger partial charge in [0.15, 0.2) is 5.65 Å². The number of pyridine rings is 1. The molecule has 166 valence electrons. The molecule has 0 saturated heterocycles. The van der Waals surface area contributed by atoms with Crippen molar-refractivity contribution in [3.8, 4) is 6.07 Å². The van der Waals surface area contributed by atoms with Crippen LogP contribution in [0.25, 0.3) is 11.0 Å². The number of rotatable bonds is 6. The summed E-state index contributed by atoms with van der Waals surface area (Å²) in [7, 11) is 0. The van der Waals surface area contributed by atoms with Gasteiger partial charge in [0, 0.05) is 23.6 Å². The highest BCUT2D eigenvalue weighted by Crippen LogP contribution is 2.50. The molecule has 32 heavy (non-hydrogen) atoms. The SMILES string of the molecule is Cc1nc(NCc2cccc(C(F)(F)C(C)C)c2F)c2cc(C3(C#N)CC3)c(Cl)nc2n1. The van der Waals surface area contributed by atoms with E-state index < -0.39 is 28.6 Å². The van der Waals surface area contributed by atoms with Crippen LogP contribution in [0, 0.1) is 30.0 Å². The number of halogens is 4. The maximum atomic E-state index is 14.9. The number of aryl methyl sites for hydroxylation is 1. The molecular formula is C23H21ClF3N5. The topological polar surface area (TPSA) is 74.5 Å². The maximum Gasteiger partial charge on any atom is 0.278 e. The van der Waals surface area contributed by atoms with Crippen LogP contribution in [0.5, 0.6) is 0 Å². The number of aromatic nitrogens is 3. The Hall–Kier alpha value is -2.92. The summed E-state index contributed by atoms with van der Waals surface area (Å²) in [6, 6.07) is 8.01. The van der Waals surface area contributed by atoms with Crippen LogP contribution in [-0.2, 0) is 17.9 Å². The summed E-state index contributed by atoms with van der Waals surface area (Å²) in [5.41, 5.74) is -0.262. The molecule has 1 aliphatic carbocycles. The lowest BCUT2D eigenvalue weighted by Crippen LogP contribution is -2.23. The lowest BCUT2D eigenvalue weighted by atomic mass is 9.95. The second-order valence-electron chi connectivity index (χ2n) is 8.42. The van der Waals surface area contributed by atoms with Gasteiger partial charge in [-0.15, -0.1) is 0 Å². The lowest BCUT2D eigenvalue weighted by molar-refractivity contribution is -0.0544. The normalized spacial score (nSPS) is 15.1. The Morgan fingerprint density at radius 1 is 1.25 bits per heavy atom. The summed E-state index contributed by atoms with van der Waals surface area (Å²) in [6.45, 7) is 4.31. The van der Waals surface area contributed by atoms with Crippen molar-refractivity contribution in [1.82, 2.24) is 15.0 Å². The Balaban J connectivity index is 1.72. The molecule has 3 aromatic rings. The van der Waals surface area contributed by atoms with E-state index in [0.29, 0.717) is 41.1 Å². The van der Waals surface area contributed by atoms with Crippen molar-refractivity contribution in [2.45, 2.75) is 51.5 Å². The highest BCUT2D eigenvalue weighted by molar-refractivity contribution is 6.30. The molecule has 1 fully saturated rings. The summed E-state index contributed by atoms with van der Waals surface area (Å²) in [5.74, 6) is -4.50. The van der Waals surface area contributed by atoms with Gasteiger partial charge in [-0.1, -0.05) is 43.6 Å². The smallest absolute Gasteiger partial charge is 0.278 e. The minimum absolute atomic E-state index is 0.0687. The van der Waals surface area contributed by atoms with Crippen molar-refractivity contribution in [3.63, 3.8) is 0 Å². The second-order valence-corrected chi connectivity index (χ2v) is 8.78. The Bertz CT molecular complexity index is 1250. The maximum absolute atomic E-state index is 14.9. The summed E-state index contributed by atoms with van der Waals surface area (Å²) in [5, 5.41) is 13.3. The van der Waals surface area contributed by atoms with Crippen LogP contribution in [0.3, 0.4) is 0 Å². The van der Waals surface area contributed by atoms with E-state index in [2.05, 4.69) is 26.3 Å². The zero-order valence-corrected chi connectivity index (χ0v) is 18.6. The van der Waals surface area contributed by atoms with E-state index in [1.807, 2.05) is 0 Å². The van der Waals surface area contributed by atoms with Crippen LogP contribution in [-0.4, -0.2) is 15.0 Å². The molecule has 1 aliphatic rings. The van der Waals surface area contributed by atoms with Crippen LogP contribution in [0.15, 0.2) is 24.3 Å². The Kier molecular flexibility index (Phi) is 5.49. The number of hydrogen-bond donors (Lipinski definition) is 1. The van der Waals surface area contributed by atoms with Crippen molar-refractivity contribution in [2.24, 2.45) is 5.92 Å². The number of anilines is 1. The molecule has 0 unspecified atom stereocenters. The summed E-state index contributed by atoms with van der Waals surface area (Å²) in [6.07, 6.45) is 1.38. The first-order valence-electron chi connectivity index (χ1n) is 10.3. The molecule has 0 aliphatic heterocycles. The fourth-order valence-electron chi connectivity index (χ4n) is 3.64. The third kappa shape index (κ3) is 3.75. The third-order valence-corrected chi connectivity index (χ3v) is 6.13. The van der Waals surface area contributed by atoms with Gasteiger partial charge >= 0.3 is 0 Å². The summed E-state index contributed by atoms with van der Waals surface area (Å²) in [4.78, 5) is 13.0. The van der Waals surface area contributed by atoms with Gasteiger partial charge in [-0.2, -0.15) is 5.26 Å². The molecule has 9 heteroatoms. The molecule has 2 aromatic heterocycles. The molecule has 1 saturated carbocycles. The van der Waals surface area contributed by atoms with Gasteiger partial charge < -0.3 is 5.32 Å². The van der Waals surface area contributed by atoms with E-state index in [1.54, 1.807) is 13.0 Å². The first-order chi connectivity index (χ1) is 15.1. The van der Waals surface area contributed by atoms with Crippen LogP contribution in [0.2, 0.25) is 5.15 Å². The summed E-state index contributed by atoms with van der Waals surface area (Å²) >= 11 is 6.33. The van der Waals surface area contributed by atoms with Gasteiger partial charge in [-0.05, 0) is 25.8 Å². The fourth-order valence-corrected chi connectivity index (χ4v) is 3.96. The molecule has 4 rings (SSSR count). The molecular weight excluding hydrogens is 439 g/mol. The first kappa shape index (κ1) is 22.3. The minimum atomic E-state index is -3.29. The Labute approximate surface area is 188 Å². The number of hydrogen-bond acceptors (Lipinski definition) is 5. The molecule has 1 N–H and O–H groups in total. The van der Waals surface area contributed by atoms with Gasteiger partial charge in [0.1, 0.15) is 22.6 Å². The molecule has 1 aromatic carbocycles.